The van der Waals surface area contributed by atoms with Crippen LogP contribution in [0.5, 0.6) is 0 Å². The molecule has 0 radical (unpaired) electrons. The highest BCUT2D eigenvalue weighted by atomic mass is 32.2. The lowest BCUT2D eigenvalue weighted by Crippen LogP contribution is -2.34. The van der Waals surface area contributed by atoms with Gasteiger partial charge < -0.3 is 10.0 Å². The molecule has 106 valence electrons. The van der Waals surface area contributed by atoms with E-state index < -0.39 is 10.0 Å². The number of nitrogens with zero attached hydrogens (tertiary/aromatic N) is 3. The first-order valence-electron chi connectivity index (χ1n) is 6.28. The van der Waals surface area contributed by atoms with Crippen LogP contribution in [-0.2, 0) is 16.6 Å². The first kappa shape index (κ1) is 14.4. The van der Waals surface area contributed by atoms with Crippen LogP contribution in [-0.4, -0.2) is 60.9 Å². The van der Waals surface area contributed by atoms with Crippen molar-refractivity contribution in [3.63, 3.8) is 0 Å². The molecule has 0 amide bonds. The summed E-state index contributed by atoms with van der Waals surface area (Å²) < 4.78 is 26.3. The maximum absolute atomic E-state index is 12.4. The van der Waals surface area contributed by atoms with Gasteiger partial charge >= 0.3 is 0 Å². The van der Waals surface area contributed by atoms with Crippen LogP contribution in [0.2, 0.25) is 0 Å². The zero-order valence-electron chi connectivity index (χ0n) is 11.0. The Kier molecular flexibility index (Phi) is 4.51. The molecule has 1 aliphatic heterocycles. The normalized spacial score (nSPS) is 19.3. The van der Waals surface area contributed by atoms with Gasteiger partial charge in [-0.3, -0.25) is 0 Å². The fourth-order valence-corrected chi connectivity index (χ4v) is 3.43. The van der Waals surface area contributed by atoms with Crippen LogP contribution < -0.4 is 0 Å². The Morgan fingerprint density at radius 1 is 1.26 bits per heavy atom. The zero-order valence-corrected chi connectivity index (χ0v) is 11.8. The van der Waals surface area contributed by atoms with Crippen molar-refractivity contribution in [2.75, 3.05) is 33.2 Å². The SMILES string of the molecule is CN1CCCN(S(=O)(=O)c2ccc(CO)cn2)CC1. The molecule has 2 rings (SSSR count). The fraction of sp³-hybridized carbons (Fsp3) is 0.583. The number of hydrogen-bond acceptors (Lipinski definition) is 5. The van der Waals surface area contributed by atoms with Crippen molar-refractivity contribution < 1.29 is 13.5 Å². The minimum Gasteiger partial charge on any atom is -0.392 e. The lowest BCUT2D eigenvalue weighted by Gasteiger charge is -2.19. The second kappa shape index (κ2) is 5.96. The van der Waals surface area contributed by atoms with Gasteiger partial charge in [-0.15, -0.1) is 0 Å². The summed E-state index contributed by atoms with van der Waals surface area (Å²) in [6, 6.07) is 3.04. The van der Waals surface area contributed by atoms with E-state index >= 15 is 0 Å². The standard InChI is InChI=1S/C12H19N3O3S/c1-14-5-2-6-15(8-7-14)19(17,18)12-4-3-11(10-16)9-13-12/h3-4,9,16H,2,5-8,10H2,1H3. The minimum atomic E-state index is -3.52. The molecule has 6 nitrogen and oxygen atoms in total. The molecule has 1 aliphatic rings. The summed E-state index contributed by atoms with van der Waals surface area (Å²) in [6.07, 6.45) is 2.22. The van der Waals surface area contributed by atoms with E-state index in [-0.39, 0.29) is 11.6 Å². The third-order valence-corrected chi connectivity index (χ3v) is 5.08. The van der Waals surface area contributed by atoms with Crippen molar-refractivity contribution in [1.82, 2.24) is 14.2 Å². The van der Waals surface area contributed by atoms with Crippen LogP contribution in [0.25, 0.3) is 0 Å². The summed E-state index contributed by atoms with van der Waals surface area (Å²) in [4.78, 5) is 6.07. The van der Waals surface area contributed by atoms with E-state index in [0.717, 1.165) is 19.5 Å². The molecule has 0 spiro atoms. The number of aromatic nitrogens is 1. The highest BCUT2D eigenvalue weighted by molar-refractivity contribution is 7.89. The topological polar surface area (TPSA) is 73.7 Å². The van der Waals surface area contributed by atoms with E-state index in [1.807, 2.05) is 7.05 Å². The molecule has 19 heavy (non-hydrogen) atoms. The van der Waals surface area contributed by atoms with E-state index in [0.29, 0.717) is 18.7 Å². The minimum absolute atomic E-state index is 0.0502. The number of pyridine rings is 1. The first-order valence-corrected chi connectivity index (χ1v) is 7.72. The fourth-order valence-electron chi connectivity index (χ4n) is 2.05. The molecule has 0 atom stereocenters. The highest BCUT2D eigenvalue weighted by Gasteiger charge is 2.27. The molecule has 1 N–H and O–H groups in total. The Labute approximate surface area is 113 Å². The Balaban J connectivity index is 2.20. The van der Waals surface area contributed by atoms with Crippen molar-refractivity contribution in [2.24, 2.45) is 0 Å². The van der Waals surface area contributed by atoms with Gasteiger partial charge in [0.25, 0.3) is 10.0 Å². The van der Waals surface area contributed by atoms with Gasteiger partial charge in [-0.2, -0.15) is 4.31 Å². The predicted molar refractivity (Wildman–Crippen MR) is 71.0 cm³/mol. The van der Waals surface area contributed by atoms with Crippen molar-refractivity contribution in [3.05, 3.63) is 23.9 Å². The number of hydrogen-bond donors (Lipinski definition) is 1. The third-order valence-electron chi connectivity index (χ3n) is 3.26. The summed E-state index contributed by atoms with van der Waals surface area (Å²) in [5.74, 6) is 0. The quantitative estimate of drug-likeness (QED) is 0.839. The largest absolute Gasteiger partial charge is 0.392 e. The Bertz CT molecular complexity index is 516. The molecule has 1 saturated heterocycles. The molecule has 1 aromatic heterocycles. The zero-order chi connectivity index (χ0) is 13.9. The summed E-state index contributed by atoms with van der Waals surface area (Å²) >= 11 is 0. The van der Waals surface area contributed by atoms with E-state index in [4.69, 9.17) is 5.11 Å². The average molecular weight is 285 g/mol. The van der Waals surface area contributed by atoms with Crippen LogP contribution in [0.15, 0.2) is 23.4 Å². The van der Waals surface area contributed by atoms with Gasteiger partial charge in [-0.05, 0) is 31.6 Å². The molecule has 7 heteroatoms. The average Bonchev–Trinajstić information content (AvgIpc) is 2.64. The van der Waals surface area contributed by atoms with Crippen molar-refractivity contribution in [1.29, 1.82) is 0 Å². The van der Waals surface area contributed by atoms with E-state index in [1.54, 1.807) is 6.07 Å². The number of aliphatic hydroxyl groups excluding tert-OH is 1. The lowest BCUT2D eigenvalue weighted by molar-refractivity contribution is 0.281. The Morgan fingerprint density at radius 3 is 2.68 bits per heavy atom. The number of aliphatic hydroxyl groups is 1. The molecule has 2 heterocycles. The second-order valence-corrected chi connectivity index (χ2v) is 6.61. The summed E-state index contributed by atoms with van der Waals surface area (Å²) in [5.41, 5.74) is 0.606. The van der Waals surface area contributed by atoms with Crippen LogP contribution >= 0.6 is 0 Å². The Hall–Kier alpha value is -1.02. The molecule has 0 saturated carbocycles. The van der Waals surface area contributed by atoms with Crippen molar-refractivity contribution in [3.8, 4) is 0 Å². The second-order valence-electron chi connectivity index (χ2n) is 4.72. The summed E-state index contributed by atoms with van der Waals surface area (Å²) in [7, 11) is -1.53. The van der Waals surface area contributed by atoms with Crippen LogP contribution in [0.1, 0.15) is 12.0 Å². The smallest absolute Gasteiger partial charge is 0.260 e. The molecular weight excluding hydrogens is 266 g/mol. The summed E-state index contributed by atoms with van der Waals surface area (Å²) in [5, 5.41) is 8.99. The van der Waals surface area contributed by atoms with E-state index in [9.17, 15) is 8.42 Å². The number of sulfonamides is 1. The lowest BCUT2D eigenvalue weighted by atomic mass is 10.3. The monoisotopic (exact) mass is 285 g/mol. The maximum atomic E-state index is 12.4. The first-order chi connectivity index (χ1) is 9.04. The summed E-state index contributed by atoms with van der Waals surface area (Å²) in [6.45, 7) is 2.51. The van der Waals surface area contributed by atoms with Gasteiger partial charge in [-0.25, -0.2) is 13.4 Å². The molecule has 1 aromatic rings. The van der Waals surface area contributed by atoms with Crippen LogP contribution in [0, 0.1) is 0 Å². The van der Waals surface area contributed by atoms with Gasteiger partial charge in [0.05, 0.1) is 6.61 Å². The van der Waals surface area contributed by atoms with Crippen LogP contribution in [0.4, 0.5) is 0 Å². The molecule has 0 aliphatic carbocycles. The van der Waals surface area contributed by atoms with Gasteiger partial charge in [-0.1, -0.05) is 6.07 Å². The number of rotatable bonds is 3. The number of likely N-dealkylation sites (N-methyl/N-ethyl adjacent to an activating group) is 1. The molecular formula is C12H19N3O3S. The van der Waals surface area contributed by atoms with E-state index in [1.165, 1.54) is 16.6 Å². The van der Waals surface area contributed by atoms with Gasteiger partial charge in [0, 0.05) is 25.8 Å². The van der Waals surface area contributed by atoms with Gasteiger partial charge in [0.2, 0.25) is 0 Å². The Morgan fingerprint density at radius 2 is 2.05 bits per heavy atom. The van der Waals surface area contributed by atoms with Crippen molar-refractivity contribution in [2.45, 2.75) is 18.1 Å². The predicted octanol–water partition coefficient (Wildman–Crippen LogP) is -0.0999. The third kappa shape index (κ3) is 3.30. The van der Waals surface area contributed by atoms with E-state index in [2.05, 4.69) is 9.88 Å². The van der Waals surface area contributed by atoms with Crippen LogP contribution in [0.3, 0.4) is 0 Å². The molecule has 0 aromatic carbocycles. The maximum Gasteiger partial charge on any atom is 0.260 e. The molecule has 0 unspecified atom stereocenters. The van der Waals surface area contributed by atoms with Gasteiger partial charge in [0.15, 0.2) is 5.03 Å². The van der Waals surface area contributed by atoms with Gasteiger partial charge in [0.1, 0.15) is 0 Å². The molecule has 1 fully saturated rings. The molecule has 0 bridgehead atoms. The van der Waals surface area contributed by atoms with Crippen molar-refractivity contribution >= 4 is 10.0 Å². The highest BCUT2D eigenvalue weighted by Crippen LogP contribution is 2.15.